The number of aryl methyl sites for hydroxylation is 2. The number of piperidine rings is 1. The van der Waals surface area contributed by atoms with E-state index in [-0.39, 0.29) is 11.8 Å². The number of nitrogens with zero attached hydrogens (tertiary/aromatic N) is 6. The average molecular weight is 385 g/mol. The molecule has 1 unspecified atom stereocenters. The van der Waals surface area contributed by atoms with Crippen LogP contribution in [0.4, 0.5) is 0 Å². The third-order valence-corrected chi connectivity index (χ3v) is 5.69. The first-order valence-corrected chi connectivity index (χ1v) is 10.3. The van der Waals surface area contributed by atoms with E-state index in [2.05, 4.69) is 25.0 Å². The summed E-state index contributed by atoms with van der Waals surface area (Å²) in [6.07, 6.45) is 5.88. The second-order valence-electron chi connectivity index (χ2n) is 6.97. The van der Waals surface area contributed by atoms with Crippen molar-refractivity contribution in [3.05, 3.63) is 52.3 Å². The van der Waals surface area contributed by atoms with Crippen molar-refractivity contribution >= 4 is 17.2 Å². The fourth-order valence-corrected chi connectivity index (χ4v) is 4.35. The Kier molecular flexibility index (Phi) is 5.07. The molecule has 8 heteroatoms. The maximum Gasteiger partial charge on any atom is 0.272 e. The summed E-state index contributed by atoms with van der Waals surface area (Å²) in [5.41, 5.74) is 4.46. The van der Waals surface area contributed by atoms with Gasteiger partial charge in [0.2, 0.25) is 0 Å². The highest BCUT2D eigenvalue weighted by atomic mass is 32.1. The van der Waals surface area contributed by atoms with E-state index < -0.39 is 0 Å². The predicted octanol–water partition coefficient (Wildman–Crippen LogP) is 2.93. The van der Waals surface area contributed by atoms with Gasteiger partial charge in [-0.1, -0.05) is 0 Å². The molecule has 0 bridgehead atoms. The molecule has 27 heavy (non-hydrogen) atoms. The van der Waals surface area contributed by atoms with Crippen LogP contribution >= 0.6 is 11.3 Å². The molecule has 3 aromatic rings. The fourth-order valence-electron chi connectivity index (χ4n) is 3.80. The first kappa shape index (κ1) is 17.9. The lowest BCUT2D eigenvalue weighted by atomic mass is 9.96. The molecule has 142 valence electrons. The lowest BCUT2D eigenvalue weighted by Gasteiger charge is -2.32. The Balaban J connectivity index is 1.52. The monoisotopic (exact) mass is 384 g/mol. The third-order valence-electron chi connectivity index (χ3n) is 5.06. The van der Waals surface area contributed by atoms with Crippen molar-refractivity contribution < 1.29 is 4.79 Å². The fraction of sp³-hybridized carbons (Fsp3) is 0.474. The van der Waals surface area contributed by atoms with Crippen molar-refractivity contribution in [2.24, 2.45) is 0 Å². The third kappa shape index (κ3) is 3.66. The van der Waals surface area contributed by atoms with Crippen molar-refractivity contribution in [3.8, 4) is 0 Å². The zero-order chi connectivity index (χ0) is 18.8. The smallest absolute Gasteiger partial charge is 0.272 e. The quantitative estimate of drug-likeness (QED) is 0.678. The molecule has 0 saturated carbocycles. The minimum absolute atomic E-state index is 0.0692. The van der Waals surface area contributed by atoms with Crippen LogP contribution in [0.25, 0.3) is 0 Å². The number of hydrogen-bond acceptors (Lipinski definition) is 5. The van der Waals surface area contributed by atoms with Crippen LogP contribution in [-0.2, 0) is 13.1 Å². The van der Waals surface area contributed by atoms with Gasteiger partial charge in [-0.25, -0.2) is 9.97 Å². The number of carbonyl (C=O) groups is 1. The number of rotatable bonds is 5. The second kappa shape index (κ2) is 7.64. The Labute approximate surface area is 162 Å². The summed E-state index contributed by atoms with van der Waals surface area (Å²) >= 11 is 1.60. The van der Waals surface area contributed by atoms with Crippen molar-refractivity contribution in [1.29, 1.82) is 0 Å². The molecular formula is C19H24N6OS. The molecule has 7 nitrogen and oxygen atoms in total. The zero-order valence-electron chi connectivity index (χ0n) is 15.7. The van der Waals surface area contributed by atoms with E-state index in [0.29, 0.717) is 18.8 Å². The summed E-state index contributed by atoms with van der Waals surface area (Å²) in [7, 11) is 0. The molecule has 3 aromatic heterocycles. The summed E-state index contributed by atoms with van der Waals surface area (Å²) in [4.78, 5) is 24.0. The van der Waals surface area contributed by atoms with Gasteiger partial charge in [0, 0.05) is 43.3 Å². The lowest BCUT2D eigenvalue weighted by molar-refractivity contribution is 0.0691. The summed E-state index contributed by atoms with van der Waals surface area (Å²) in [6, 6.07) is 1.89. The largest absolute Gasteiger partial charge is 0.337 e. The summed E-state index contributed by atoms with van der Waals surface area (Å²) < 4.78 is 3.96. The highest BCUT2D eigenvalue weighted by Gasteiger charge is 2.29. The minimum atomic E-state index is 0.0692. The Hall–Kier alpha value is -2.48. The SMILES string of the molecule is CCn1nc(C)cc1C(=O)N1CCCC(c2nccn2Cc2cscn2)C1. The molecule has 1 atom stereocenters. The number of amides is 1. The van der Waals surface area contributed by atoms with Crippen LogP contribution in [0.1, 0.15) is 53.4 Å². The first-order chi connectivity index (χ1) is 13.2. The maximum absolute atomic E-state index is 13.1. The number of aromatic nitrogens is 5. The highest BCUT2D eigenvalue weighted by molar-refractivity contribution is 7.07. The summed E-state index contributed by atoms with van der Waals surface area (Å²) in [5.74, 6) is 1.36. The van der Waals surface area contributed by atoms with E-state index in [1.165, 1.54) is 0 Å². The van der Waals surface area contributed by atoms with Gasteiger partial charge < -0.3 is 9.47 Å². The van der Waals surface area contributed by atoms with E-state index in [9.17, 15) is 4.79 Å². The predicted molar refractivity (Wildman–Crippen MR) is 104 cm³/mol. The molecule has 0 aromatic carbocycles. The van der Waals surface area contributed by atoms with E-state index >= 15 is 0 Å². The molecule has 1 saturated heterocycles. The van der Waals surface area contributed by atoms with Crippen molar-refractivity contribution in [3.63, 3.8) is 0 Å². The van der Waals surface area contributed by atoms with Crippen LogP contribution in [0.3, 0.4) is 0 Å². The van der Waals surface area contributed by atoms with Gasteiger partial charge >= 0.3 is 0 Å². The Morgan fingerprint density at radius 3 is 3.04 bits per heavy atom. The van der Waals surface area contributed by atoms with Crippen molar-refractivity contribution in [2.45, 2.75) is 45.7 Å². The molecule has 4 heterocycles. The standard InChI is InChI=1S/C19H24N6OS/c1-3-25-17(9-14(2)22-25)19(26)24-7-4-5-15(10-24)18-20-6-8-23(18)11-16-12-27-13-21-16/h6,8-9,12-13,15H,3-5,7,10-11H2,1-2H3. The molecule has 4 rings (SSSR count). The molecule has 0 radical (unpaired) electrons. The Morgan fingerprint density at radius 2 is 2.26 bits per heavy atom. The zero-order valence-corrected chi connectivity index (χ0v) is 16.5. The van der Waals surface area contributed by atoms with Gasteiger partial charge in [-0.05, 0) is 32.8 Å². The van der Waals surface area contributed by atoms with Crippen LogP contribution in [-0.4, -0.2) is 48.2 Å². The topological polar surface area (TPSA) is 68.8 Å². The second-order valence-corrected chi connectivity index (χ2v) is 7.69. The lowest BCUT2D eigenvalue weighted by Crippen LogP contribution is -2.40. The Morgan fingerprint density at radius 1 is 1.37 bits per heavy atom. The molecule has 1 fully saturated rings. The van der Waals surface area contributed by atoms with Gasteiger partial charge in [-0.15, -0.1) is 11.3 Å². The summed E-state index contributed by atoms with van der Waals surface area (Å²) in [6.45, 7) is 6.85. The number of likely N-dealkylation sites (tertiary alicyclic amines) is 1. The number of thiazole rings is 1. The van der Waals surface area contributed by atoms with E-state index in [0.717, 1.165) is 43.1 Å². The molecule has 0 aliphatic carbocycles. The molecule has 1 amide bonds. The van der Waals surface area contributed by atoms with Gasteiger partial charge in [-0.2, -0.15) is 5.10 Å². The molecular weight excluding hydrogens is 360 g/mol. The first-order valence-electron chi connectivity index (χ1n) is 9.37. The minimum Gasteiger partial charge on any atom is -0.337 e. The molecule has 0 N–H and O–H groups in total. The molecule has 0 spiro atoms. The maximum atomic E-state index is 13.1. The summed E-state index contributed by atoms with van der Waals surface area (Å²) in [5, 5.41) is 6.48. The van der Waals surface area contributed by atoms with Gasteiger partial charge in [0.05, 0.1) is 23.4 Å². The average Bonchev–Trinajstić information content (AvgIpc) is 3.42. The normalized spacial score (nSPS) is 17.4. The van der Waals surface area contributed by atoms with Crippen molar-refractivity contribution in [2.75, 3.05) is 13.1 Å². The van der Waals surface area contributed by atoms with Crippen LogP contribution in [0.2, 0.25) is 0 Å². The Bertz CT molecular complexity index is 913. The van der Waals surface area contributed by atoms with Gasteiger partial charge in [0.25, 0.3) is 5.91 Å². The molecule has 1 aliphatic heterocycles. The van der Waals surface area contributed by atoms with Crippen molar-refractivity contribution in [1.82, 2.24) is 29.2 Å². The van der Waals surface area contributed by atoms with Gasteiger partial charge in [0.1, 0.15) is 11.5 Å². The number of imidazole rings is 1. The van der Waals surface area contributed by atoms with Crippen LogP contribution in [0.5, 0.6) is 0 Å². The van der Waals surface area contributed by atoms with Crippen LogP contribution < -0.4 is 0 Å². The van der Waals surface area contributed by atoms with Gasteiger partial charge in [-0.3, -0.25) is 9.48 Å². The molecule has 1 aliphatic rings. The number of carbonyl (C=O) groups excluding carboxylic acids is 1. The van der Waals surface area contributed by atoms with E-state index in [1.54, 1.807) is 16.0 Å². The van der Waals surface area contributed by atoms with Crippen LogP contribution in [0.15, 0.2) is 29.4 Å². The van der Waals surface area contributed by atoms with Gasteiger partial charge in [0.15, 0.2) is 0 Å². The van der Waals surface area contributed by atoms with E-state index in [4.69, 9.17) is 0 Å². The highest BCUT2D eigenvalue weighted by Crippen LogP contribution is 2.27. The number of hydrogen-bond donors (Lipinski definition) is 0. The van der Waals surface area contributed by atoms with E-state index in [1.807, 2.05) is 42.7 Å². The van der Waals surface area contributed by atoms with Crippen LogP contribution in [0, 0.1) is 6.92 Å².